The van der Waals surface area contributed by atoms with Crippen LogP contribution in [0.3, 0.4) is 0 Å². The second-order valence-electron chi connectivity index (χ2n) is 6.40. The molecule has 0 radical (unpaired) electrons. The number of ketones is 1. The lowest BCUT2D eigenvalue weighted by atomic mass is 10.1. The molecule has 1 aliphatic heterocycles. The first kappa shape index (κ1) is 18.3. The molecule has 0 N–H and O–H groups in total. The highest BCUT2D eigenvalue weighted by Gasteiger charge is 2.29. The molecule has 1 unspecified atom stereocenters. The van der Waals surface area contributed by atoms with E-state index in [1.807, 2.05) is 0 Å². The van der Waals surface area contributed by atoms with Gasteiger partial charge in [0.25, 0.3) is 0 Å². The van der Waals surface area contributed by atoms with Crippen LogP contribution >= 0.6 is 0 Å². The van der Waals surface area contributed by atoms with Crippen LogP contribution in [0.5, 0.6) is 0 Å². The van der Waals surface area contributed by atoms with E-state index in [2.05, 4.69) is 11.8 Å². The van der Waals surface area contributed by atoms with Crippen molar-refractivity contribution < 1.29 is 9.59 Å². The van der Waals surface area contributed by atoms with Gasteiger partial charge in [-0.3, -0.25) is 14.5 Å². The minimum Gasteiger partial charge on any atom is -0.295 e. The fourth-order valence-corrected chi connectivity index (χ4v) is 3.30. The molecule has 0 bridgehead atoms. The molecule has 1 rings (SSSR count). The maximum absolute atomic E-state index is 11.5. The highest BCUT2D eigenvalue weighted by Crippen LogP contribution is 2.18. The van der Waals surface area contributed by atoms with Crippen LogP contribution in [0, 0.1) is 0 Å². The Bertz CT molecular complexity index is 291. The fourth-order valence-electron chi connectivity index (χ4n) is 3.30. The quantitative estimate of drug-likeness (QED) is 0.291. The van der Waals surface area contributed by atoms with Crippen LogP contribution in [0.25, 0.3) is 0 Å². The average molecular weight is 295 g/mol. The third kappa shape index (κ3) is 7.75. The van der Waals surface area contributed by atoms with Crippen molar-refractivity contribution in [1.29, 1.82) is 0 Å². The Kier molecular flexibility index (Phi) is 10.4. The number of unbranched alkanes of at least 4 members (excludes halogenated alkanes) is 9. The van der Waals surface area contributed by atoms with Crippen molar-refractivity contribution in [2.45, 2.75) is 90.0 Å². The van der Waals surface area contributed by atoms with E-state index < -0.39 is 0 Å². The molecular formula is C18H33NO2. The minimum absolute atomic E-state index is 0.110. The highest BCUT2D eigenvalue weighted by molar-refractivity contribution is 6.27. The van der Waals surface area contributed by atoms with Crippen molar-refractivity contribution in [1.82, 2.24) is 4.90 Å². The fraction of sp³-hybridized carbons (Fsp3) is 0.889. The summed E-state index contributed by atoms with van der Waals surface area (Å²) in [5.41, 5.74) is 0. The second-order valence-corrected chi connectivity index (χ2v) is 6.40. The zero-order valence-corrected chi connectivity index (χ0v) is 13.8. The summed E-state index contributed by atoms with van der Waals surface area (Å²) < 4.78 is 0. The normalized spacial score (nSPS) is 19.0. The Morgan fingerprint density at radius 3 is 2.14 bits per heavy atom. The maximum atomic E-state index is 11.5. The van der Waals surface area contributed by atoms with Gasteiger partial charge in [0.1, 0.15) is 0 Å². The van der Waals surface area contributed by atoms with E-state index in [0.717, 1.165) is 25.9 Å². The van der Waals surface area contributed by atoms with E-state index in [0.29, 0.717) is 6.29 Å². The van der Waals surface area contributed by atoms with Crippen LogP contribution in [-0.4, -0.2) is 36.1 Å². The zero-order chi connectivity index (χ0) is 15.3. The molecule has 0 saturated carbocycles. The van der Waals surface area contributed by atoms with Gasteiger partial charge in [0, 0.05) is 0 Å². The topological polar surface area (TPSA) is 37.4 Å². The van der Waals surface area contributed by atoms with Gasteiger partial charge in [-0.05, 0) is 32.4 Å². The van der Waals surface area contributed by atoms with E-state index in [9.17, 15) is 9.59 Å². The zero-order valence-electron chi connectivity index (χ0n) is 13.8. The van der Waals surface area contributed by atoms with Gasteiger partial charge in [0.15, 0.2) is 6.29 Å². The molecule has 0 amide bonds. The summed E-state index contributed by atoms with van der Waals surface area (Å²) in [4.78, 5) is 24.3. The number of likely N-dealkylation sites (tertiary alicyclic amines) is 1. The third-order valence-electron chi connectivity index (χ3n) is 4.61. The summed E-state index contributed by atoms with van der Waals surface area (Å²) in [6.07, 6.45) is 15.8. The Hall–Kier alpha value is -0.700. The SMILES string of the molecule is CCCCCCCCCCCCN1CCCC1C(=O)C=O. The van der Waals surface area contributed by atoms with Crippen LogP contribution in [0.15, 0.2) is 0 Å². The number of carbonyl (C=O) groups excluding carboxylic acids is 2. The molecule has 0 aromatic rings. The van der Waals surface area contributed by atoms with Gasteiger partial charge in [-0.15, -0.1) is 0 Å². The molecule has 122 valence electrons. The monoisotopic (exact) mass is 295 g/mol. The van der Waals surface area contributed by atoms with Crippen LogP contribution in [0.4, 0.5) is 0 Å². The summed E-state index contributed by atoms with van der Waals surface area (Å²) in [5, 5.41) is 0. The molecule has 1 saturated heterocycles. The lowest BCUT2D eigenvalue weighted by molar-refractivity contribution is -0.132. The van der Waals surface area contributed by atoms with Crippen molar-refractivity contribution in [3.8, 4) is 0 Å². The first-order chi connectivity index (χ1) is 10.3. The van der Waals surface area contributed by atoms with Crippen LogP contribution in [0.2, 0.25) is 0 Å². The number of aldehydes is 1. The van der Waals surface area contributed by atoms with E-state index in [1.165, 1.54) is 64.2 Å². The van der Waals surface area contributed by atoms with Crippen LogP contribution in [-0.2, 0) is 9.59 Å². The average Bonchev–Trinajstić information content (AvgIpc) is 2.97. The van der Waals surface area contributed by atoms with Crippen molar-refractivity contribution in [3.05, 3.63) is 0 Å². The molecule has 1 heterocycles. The first-order valence-electron chi connectivity index (χ1n) is 9.02. The lowest BCUT2D eigenvalue weighted by Crippen LogP contribution is -2.37. The van der Waals surface area contributed by atoms with Crippen molar-refractivity contribution in [3.63, 3.8) is 0 Å². The number of hydrogen-bond acceptors (Lipinski definition) is 3. The summed E-state index contributed by atoms with van der Waals surface area (Å²) in [7, 11) is 0. The van der Waals surface area contributed by atoms with Gasteiger partial charge in [0.05, 0.1) is 6.04 Å². The molecular weight excluding hydrogens is 262 g/mol. The van der Waals surface area contributed by atoms with Crippen molar-refractivity contribution in [2.24, 2.45) is 0 Å². The smallest absolute Gasteiger partial charge is 0.212 e. The highest BCUT2D eigenvalue weighted by atomic mass is 16.2. The second kappa shape index (κ2) is 11.9. The van der Waals surface area contributed by atoms with Gasteiger partial charge in [0.2, 0.25) is 5.78 Å². The third-order valence-corrected chi connectivity index (χ3v) is 4.61. The Morgan fingerprint density at radius 2 is 1.57 bits per heavy atom. The summed E-state index contributed by atoms with van der Waals surface area (Å²) >= 11 is 0. The standard InChI is InChI=1S/C18H33NO2/c1-2-3-4-5-6-7-8-9-10-11-14-19-15-12-13-17(19)18(21)16-20/h16-17H,2-15H2,1H3. The molecule has 1 fully saturated rings. The molecule has 0 spiro atoms. The predicted molar refractivity (Wildman–Crippen MR) is 87.5 cm³/mol. The number of carbonyl (C=O) groups is 2. The Balaban J connectivity index is 1.94. The maximum Gasteiger partial charge on any atom is 0.212 e. The number of rotatable bonds is 13. The molecule has 3 heteroatoms. The molecule has 0 aliphatic carbocycles. The molecule has 0 aromatic heterocycles. The Morgan fingerprint density at radius 1 is 1.00 bits per heavy atom. The van der Waals surface area contributed by atoms with E-state index in [1.54, 1.807) is 0 Å². The van der Waals surface area contributed by atoms with Crippen molar-refractivity contribution in [2.75, 3.05) is 13.1 Å². The largest absolute Gasteiger partial charge is 0.295 e. The van der Waals surface area contributed by atoms with E-state index in [-0.39, 0.29) is 11.8 Å². The van der Waals surface area contributed by atoms with Crippen LogP contribution in [0.1, 0.15) is 84.0 Å². The minimum atomic E-state index is -0.223. The summed E-state index contributed by atoms with van der Waals surface area (Å²) in [6, 6.07) is -0.110. The molecule has 1 aliphatic rings. The molecule has 3 nitrogen and oxygen atoms in total. The number of Topliss-reactive ketones (excluding diaryl/α,β-unsaturated/α-hetero) is 1. The number of nitrogens with zero attached hydrogens (tertiary/aromatic N) is 1. The Labute approximate surface area is 130 Å². The van der Waals surface area contributed by atoms with Gasteiger partial charge in [-0.2, -0.15) is 0 Å². The van der Waals surface area contributed by atoms with E-state index >= 15 is 0 Å². The molecule has 1 atom stereocenters. The molecule has 21 heavy (non-hydrogen) atoms. The van der Waals surface area contributed by atoms with Gasteiger partial charge in [-0.1, -0.05) is 64.7 Å². The lowest BCUT2D eigenvalue weighted by Gasteiger charge is -2.21. The summed E-state index contributed by atoms with van der Waals surface area (Å²) in [5.74, 6) is -0.223. The molecule has 0 aromatic carbocycles. The van der Waals surface area contributed by atoms with Gasteiger partial charge < -0.3 is 0 Å². The van der Waals surface area contributed by atoms with Gasteiger partial charge >= 0.3 is 0 Å². The van der Waals surface area contributed by atoms with Crippen LogP contribution < -0.4 is 0 Å². The van der Waals surface area contributed by atoms with E-state index in [4.69, 9.17) is 0 Å². The number of hydrogen-bond donors (Lipinski definition) is 0. The van der Waals surface area contributed by atoms with Crippen molar-refractivity contribution >= 4 is 12.1 Å². The predicted octanol–water partition coefficient (Wildman–Crippen LogP) is 4.14. The first-order valence-corrected chi connectivity index (χ1v) is 9.02. The summed E-state index contributed by atoms with van der Waals surface area (Å²) in [6.45, 7) is 4.23. The van der Waals surface area contributed by atoms with Gasteiger partial charge in [-0.25, -0.2) is 0 Å².